The lowest BCUT2D eigenvalue weighted by atomic mass is 9.96. The van der Waals surface area contributed by atoms with Gasteiger partial charge in [-0.2, -0.15) is 4.98 Å². The van der Waals surface area contributed by atoms with Gasteiger partial charge < -0.3 is 19.5 Å². The molecule has 3 aromatic rings. The molecule has 1 N–H and O–H groups in total. The topological polar surface area (TPSA) is 97.6 Å². The van der Waals surface area contributed by atoms with E-state index in [1.165, 1.54) is 0 Å². The van der Waals surface area contributed by atoms with Gasteiger partial charge in [0.15, 0.2) is 0 Å². The molecule has 2 amide bonds. The summed E-state index contributed by atoms with van der Waals surface area (Å²) in [5, 5.41) is 6.78. The standard InChI is InChI=1S/C23H24N4O4/c1-30-19-9-7-16(8-10-19)21-25-23(31-26-21)18-11-13-27(14-12-18)20(28)15-24-22(29)17-5-3-2-4-6-17/h2-10,18H,11-15H2,1H3,(H,24,29). The Morgan fingerprint density at radius 3 is 2.48 bits per heavy atom. The number of methoxy groups -OCH3 is 1. The third-order valence-electron chi connectivity index (χ3n) is 5.42. The second-order valence-electron chi connectivity index (χ2n) is 7.39. The van der Waals surface area contributed by atoms with Gasteiger partial charge in [-0.1, -0.05) is 23.4 Å². The Labute approximate surface area is 180 Å². The van der Waals surface area contributed by atoms with Crippen LogP contribution in [0.4, 0.5) is 0 Å². The van der Waals surface area contributed by atoms with Crippen LogP contribution in [0.25, 0.3) is 11.4 Å². The second kappa shape index (κ2) is 9.42. The number of amides is 2. The molecular formula is C23H24N4O4. The fourth-order valence-electron chi connectivity index (χ4n) is 3.59. The SMILES string of the molecule is COc1ccc(-c2noc(C3CCN(C(=O)CNC(=O)c4ccccc4)CC3)n2)cc1. The molecule has 0 atom stereocenters. The summed E-state index contributed by atoms with van der Waals surface area (Å²) in [7, 11) is 1.62. The molecule has 2 aromatic carbocycles. The van der Waals surface area contributed by atoms with Gasteiger partial charge in [0.05, 0.1) is 13.7 Å². The Bertz CT molecular complexity index is 1030. The highest BCUT2D eigenvalue weighted by molar-refractivity contribution is 5.96. The molecule has 0 saturated carbocycles. The van der Waals surface area contributed by atoms with Crippen LogP contribution >= 0.6 is 0 Å². The van der Waals surface area contributed by atoms with E-state index in [1.54, 1.807) is 36.3 Å². The van der Waals surface area contributed by atoms with Gasteiger partial charge in [-0.25, -0.2) is 0 Å². The summed E-state index contributed by atoms with van der Waals surface area (Å²) in [5.74, 6) is 1.68. The quantitative estimate of drug-likeness (QED) is 0.659. The van der Waals surface area contributed by atoms with Crippen LogP contribution in [0, 0.1) is 0 Å². The summed E-state index contributed by atoms with van der Waals surface area (Å²) in [4.78, 5) is 30.9. The fraction of sp³-hybridized carbons (Fsp3) is 0.304. The number of hydrogen-bond acceptors (Lipinski definition) is 6. The number of hydrogen-bond donors (Lipinski definition) is 1. The molecule has 1 aliphatic rings. The number of aromatic nitrogens is 2. The maximum absolute atomic E-state index is 12.5. The first-order chi connectivity index (χ1) is 15.1. The van der Waals surface area contributed by atoms with Crippen LogP contribution in [0.1, 0.15) is 35.0 Å². The summed E-state index contributed by atoms with van der Waals surface area (Å²) in [5.41, 5.74) is 1.40. The first kappa shape index (κ1) is 20.6. The Kier molecular flexibility index (Phi) is 6.26. The minimum absolute atomic E-state index is 0.0133. The second-order valence-corrected chi connectivity index (χ2v) is 7.39. The summed E-state index contributed by atoms with van der Waals surface area (Å²) in [6.07, 6.45) is 1.48. The van der Waals surface area contributed by atoms with Crippen molar-refractivity contribution in [2.75, 3.05) is 26.7 Å². The molecule has 8 heteroatoms. The van der Waals surface area contributed by atoms with Crippen molar-refractivity contribution in [2.24, 2.45) is 0 Å². The molecule has 0 unspecified atom stereocenters. The van der Waals surface area contributed by atoms with Crippen LogP contribution in [0.5, 0.6) is 5.75 Å². The lowest BCUT2D eigenvalue weighted by Crippen LogP contribution is -2.43. The lowest BCUT2D eigenvalue weighted by molar-refractivity contribution is -0.131. The largest absolute Gasteiger partial charge is 0.497 e. The van der Waals surface area contributed by atoms with E-state index >= 15 is 0 Å². The molecule has 8 nitrogen and oxygen atoms in total. The molecule has 31 heavy (non-hydrogen) atoms. The molecule has 160 valence electrons. The molecule has 0 radical (unpaired) electrons. The summed E-state index contributed by atoms with van der Waals surface area (Å²) in [6.45, 7) is 1.16. The van der Waals surface area contributed by atoms with E-state index in [0.29, 0.717) is 30.4 Å². The highest BCUT2D eigenvalue weighted by Gasteiger charge is 2.27. The highest BCUT2D eigenvalue weighted by atomic mass is 16.5. The van der Waals surface area contributed by atoms with Crippen molar-refractivity contribution < 1.29 is 18.8 Å². The normalized spacial score (nSPS) is 14.3. The van der Waals surface area contributed by atoms with Gasteiger partial charge in [0.25, 0.3) is 5.91 Å². The van der Waals surface area contributed by atoms with E-state index in [2.05, 4.69) is 15.5 Å². The Balaban J connectivity index is 1.28. The average Bonchev–Trinajstić information content (AvgIpc) is 3.33. The van der Waals surface area contributed by atoms with E-state index in [1.807, 2.05) is 30.3 Å². The first-order valence-electron chi connectivity index (χ1n) is 10.2. The van der Waals surface area contributed by atoms with Crippen molar-refractivity contribution in [3.8, 4) is 17.1 Å². The van der Waals surface area contributed by atoms with Crippen LogP contribution in [0.15, 0.2) is 59.1 Å². The van der Waals surface area contributed by atoms with E-state index in [0.717, 1.165) is 24.2 Å². The number of ether oxygens (including phenoxy) is 1. The van der Waals surface area contributed by atoms with Crippen molar-refractivity contribution in [3.05, 3.63) is 66.1 Å². The highest BCUT2D eigenvalue weighted by Crippen LogP contribution is 2.29. The summed E-state index contributed by atoms with van der Waals surface area (Å²) >= 11 is 0. The van der Waals surface area contributed by atoms with E-state index < -0.39 is 0 Å². The van der Waals surface area contributed by atoms with Crippen molar-refractivity contribution in [1.82, 2.24) is 20.4 Å². The molecule has 4 rings (SSSR count). The monoisotopic (exact) mass is 420 g/mol. The van der Waals surface area contributed by atoms with Gasteiger partial charge in [-0.15, -0.1) is 0 Å². The van der Waals surface area contributed by atoms with E-state index in [-0.39, 0.29) is 24.3 Å². The van der Waals surface area contributed by atoms with Gasteiger partial charge in [0.1, 0.15) is 5.75 Å². The van der Waals surface area contributed by atoms with Crippen LogP contribution in [0.3, 0.4) is 0 Å². The van der Waals surface area contributed by atoms with Crippen LogP contribution < -0.4 is 10.1 Å². The number of rotatable bonds is 6. The first-order valence-corrected chi connectivity index (χ1v) is 10.2. The zero-order valence-electron chi connectivity index (χ0n) is 17.3. The maximum atomic E-state index is 12.5. The number of carbonyl (C=O) groups is 2. The summed E-state index contributed by atoms with van der Waals surface area (Å²) in [6, 6.07) is 16.3. The smallest absolute Gasteiger partial charge is 0.251 e. The number of benzene rings is 2. The van der Waals surface area contributed by atoms with Crippen molar-refractivity contribution in [2.45, 2.75) is 18.8 Å². The Morgan fingerprint density at radius 1 is 1.10 bits per heavy atom. The van der Waals surface area contributed by atoms with Gasteiger partial charge in [-0.3, -0.25) is 9.59 Å². The number of nitrogens with zero attached hydrogens (tertiary/aromatic N) is 3. The van der Waals surface area contributed by atoms with Gasteiger partial charge in [0, 0.05) is 30.1 Å². The number of likely N-dealkylation sites (tertiary alicyclic amines) is 1. The number of carbonyl (C=O) groups excluding carboxylic acids is 2. The average molecular weight is 420 g/mol. The Morgan fingerprint density at radius 2 is 1.81 bits per heavy atom. The van der Waals surface area contributed by atoms with Crippen LogP contribution in [0.2, 0.25) is 0 Å². The van der Waals surface area contributed by atoms with Crippen LogP contribution in [-0.4, -0.2) is 53.6 Å². The molecule has 1 aliphatic heterocycles. The number of nitrogens with one attached hydrogen (secondary N) is 1. The zero-order chi connectivity index (χ0) is 21.6. The van der Waals surface area contributed by atoms with Crippen LogP contribution in [-0.2, 0) is 4.79 Å². The van der Waals surface area contributed by atoms with Gasteiger partial charge >= 0.3 is 0 Å². The molecule has 0 bridgehead atoms. The van der Waals surface area contributed by atoms with E-state index in [9.17, 15) is 9.59 Å². The zero-order valence-corrected chi connectivity index (χ0v) is 17.3. The predicted molar refractivity (Wildman–Crippen MR) is 114 cm³/mol. The van der Waals surface area contributed by atoms with Gasteiger partial charge in [-0.05, 0) is 49.2 Å². The minimum Gasteiger partial charge on any atom is -0.497 e. The predicted octanol–water partition coefficient (Wildman–Crippen LogP) is 2.88. The molecule has 0 aliphatic carbocycles. The van der Waals surface area contributed by atoms with Crippen molar-refractivity contribution in [3.63, 3.8) is 0 Å². The Hall–Kier alpha value is -3.68. The molecule has 1 fully saturated rings. The van der Waals surface area contributed by atoms with Crippen molar-refractivity contribution >= 4 is 11.8 Å². The fourth-order valence-corrected chi connectivity index (χ4v) is 3.59. The number of piperidine rings is 1. The van der Waals surface area contributed by atoms with Crippen molar-refractivity contribution in [1.29, 1.82) is 0 Å². The lowest BCUT2D eigenvalue weighted by Gasteiger charge is -2.30. The third kappa shape index (κ3) is 4.91. The third-order valence-corrected chi connectivity index (χ3v) is 5.42. The summed E-state index contributed by atoms with van der Waals surface area (Å²) < 4.78 is 10.7. The molecule has 0 spiro atoms. The molecule has 2 heterocycles. The van der Waals surface area contributed by atoms with E-state index in [4.69, 9.17) is 9.26 Å². The molecule has 1 saturated heterocycles. The molecular weight excluding hydrogens is 396 g/mol. The molecule has 1 aromatic heterocycles. The van der Waals surface area contributed by atoms with Gasteiger partial charge in [0.2, 0.25) is 17.6 Å². The minimum atomic E-state index is -0.249. The maximum Gasteiger partial charge on any atom is 0.251 e.